The lowest BCUT2D eigenvalue weighted by Crippen LogP contribution is -2.55. The van der Waals surface area contributed by atoms with Gasteiger partial charge in [-0.05, 0) is 54.3 Å². The molecule has 3 heterocycles. The van der Waals surface area contributed by atoms with Gasteiger partial charge in [-0.15, -0.1) is 0 Å². The van der Waals surface area contributed by atoms with E-state index in [1.165, 1.54) is 18.0 Å². The highest BCUT2D eigenvalue weighted by molar-refractivity contribution is 6.07. The van der Waals surface area contributed by atoms with Crippen molar-refractivity contribution < 1.29 is 27.4 Å². The van der Waals surface area contributed by atoms with Crippen molar-refractivity contribution in [3.05, 3.63) is 53.1 Å². The third-order valence-corrected chi connectivity index (χ3v) is 6.65. The fourth-order valence-electron chi connectivity index (χ4n) is 5.01. The number of nitrogens with two attached hydrogens (primary N) is 1. The van der Waals surface area contributed by atoms with Gasteiger partial charge in [-0.3, -0.25) is 9.69 Å². The number of alkyl halides is 3. The lowest BCUT2D eigenvalue weighted by Gasteiger charge is -2.46. The van der Waals surface area contributed by atoms with E-state index in [9.17, 15) is 23.2 Å². The number of carbonyl (C=O) groups excluding carboxylic acids is 1. The topological polar surface area (TPSA) is 101 Å². The number of halogens is 3. The minimum absolute atomic E-state index is 0.0565. The summed E-state index contributed by atoms with van der Waals surface area (Å²) >= 11 is 0. The summed E-state index contributed by atoms with van der Waals surface area (Å²) in [6.45, 7) is 0.890. The molecule has 0 radical (unpaired) electrons. The average Bonchev–Trinajstić information content (AvgIpc) is 3.02. The molecule has 2 aromatic rings. The summed E-state index contributed by atoms with van der Waals surface area (Å²) < 4.78 is 52.3. The summed E-state index contributed by atoms with van der Waals surface area (Å²) in [5.41, 5.74) is 3.86. The number of likely N-dealkylation sites (N-methyl/N-ethyl adjacent to an activating group) is 1. The van der Waals surface area contributed by atoms with E-state index in [0.717, 1.165) is 18.6 Å². The first-order valence-corrected chi connectivity index (χ1v) is 10.7. The number of ether oxygens (including phenoxy) is 2. The summed E-state index contributed by atoms with van der Waals surface area (Å²) in [5, 5.41) is 9.26. The molecule has 2 aromatic carbocycles. The number of rotatable bonds is 1. The van der Waals surface area contributed by atoms with Crippen molar-refractivity contribution in [2.24, 2.45) is 10.7 Å². The minimum Gasteiger partial charge on any atom is -0.484 e. The van der Waals surface area contributed by atoms with Crippen LogP contribution in [0.1, 0.15) is 36.0 Å². The van der Waals surface area contributed by atoms with Crippen molar-refractivity contribution in [2.75, 3.05) is 20.3 Å². The fourth-order valence-corrected chi connectivity index (χ4v) is 5.01. The van der Waals surface area contributed by atoms with Gasteiger partial charge in [-0.25, -0.2) is 4.99 Å². The Morgan fingerprint density at radius 3 is 2.62 bits per heavy atom. The standard InChI is InChI=1S/C24H21F3N4O3/c1-31-20(32)23(30-21(31)29)12-22(5-2-6-33-13-22)34-19-4-3-15(10-18(19)23)16-7-14(11-28)8-17(9-16)24(25,26)27/h3-4,7-10H,2,5-6,12-13H2,1H3,(H2,29,30)/t22?,23-/m0/s1. The third-order valence-electron chi connectivity index (χ3n) is 6.65. The summed E-state index contributed by atoms with van der Waals surface area (Å²) in [7, 11) is 1.53. The van der Waals surface area contributed by atoms with Crippen LogP contribution in [0.4, 0.5) is 13.2 Å². The van der Waals surface area contributed by atoms with Crippen LogP contribution in [-0.4, -0.2) is 42.6 Å². The second kappa shape index (κ2) is 7.46. The number of amides is 1. The van der Waals surface area contributed by atoms with Crippen molar-refractivity contribution in [2.45, 2.75) is 36.6 Å². The van der Waals surface area contributed by atoms with Crippen LogP contribution in [0, 0.1) is 11.3 Å². The van der Waals surface area contributed by atoms with Gasteiger partial charge in [-0.2, -0.15) is 18.4 Å². The van der Waals surface area contributed by atoms with E-state index >= 15 is 0 Å². The van der Waals surface area contributed by atoms with E-state index in [2.05, 4.69) is 4.99 Å². The molecule has 176 valence electrons. The molecule has 0 aromatic heterocycles. The first-order valence-electron chi connectivity index (χ1n) is 10.7. The van der Waals surface area contributed by atoms with Crippen LogP contribution < -0.4 is 10.5 Å². The maximum absolute atomic E-state index is 13.5. The zero-order valence-corrected chi connectivity index (χ0v) is 18.3. The molecule has 1 amide bonds. The van der Waals surface area contributed by atoms with Crippen molar-refractivity contribution in [1.82, 2.24) is 4.90 Å². The van der Waals surface area contributed by atoms with Gasteiger partial charge < -0.3 is 15.2 Å². The number of nitrogens with zero attached hydrogens (tertiary/aromatic N) is 3. The number of guanidine groups is 1. The number of carbonyl (C=O) groups is 1. The molecule has 5 rings (SSSR count). The molecule has 1 saturated heterocycles. The number of nitriles is 1. The predicted molar refractivity (Wildman–Crippen MR) is 116 cm³/mol. The van der Waals surface area contributed by atoms with Crippen molar-refractivity contribution in [3.63, 3.8) is 0 Å². The van der Waals surface area contributed by atoms with Gasteiger partial charge in [-0.1, -0.05) is 6.07 Å². The Kier molecular flexibility index (Phi) is 4.88. The second-order valence-electron chi connectivity index (χ2n) is 8.93. The Bertz CT molecular complexity index is 1260. The van der Waals surface area contributed by atoms with Crippen LogP contribution in [0.3, 0.4) is 0 Å². The maximum Gasteiger partial charge on any atom is 0.416 e. The highest BCUT2D eigenvalue weighted by Crippen LogP contribution is 2.52. The van der Waals surface area contributed by atoms with Crippen molar-refractivity contribution in [3.8, 4) is 22.9 Å². The van der Waals surface area contributed by atoms with Crippen LogP contribution >= 0.6 is 0 Å². The Labute approximate surface area is 193 Å². The average molecular weight is 470 g/mol. The van der Waals surface area contributed by atoms with Gasteiger partial charge in [0.05, 0.1) is 23.8 Å². The van der Waals surface area contributed by atoms with Crippen molar-refractivity contribution in [1.29, 1.82) is 5.26 Å². The molecule has 1 unspecified atom stereocenters. The van der Waals surface area contributed by atoms with Crippen LogP contribution in [0.5, 0.6) is 5.75 Å². The summed E-state index contributed by atoms with van der Waals surface area (Å²) in [6, 6.07) is 9.80. The van der Waals surface area contributed by atoms with Gasteiger partial charge in [0.15, 0.2) is 11.5 Å². The zero-order valence-electron chi connectivity index (χ0n) is 18.3. The first-order chi connectivity index (χ1) is 16.1. The van der Waals surface area contributed by atoms with E-state index in [1.807, 2.05) is 0 Å². The highest BCUT2D eigenvalue weighted by Gasteiger charge is 2.58. The molecule has 2 atom stereocenters. The Hall–Kier alpha value is -3.58. The van der Waals surface area contributed by atoms with E-state index < -0.39 is 22.9 Å². The van der Waals surface area contributed by atoms with Gasteiger partial charge in [0, 0.05) is 25.6 Å². The van der Waals surface area contributed by atoms with Gasteiger partial charge >= 0.3 is 6.18 Å². The molecule has 10 heteroatoms. The largest absolute Gasteiger partial charge is 0.484 e. The summed E-state index contributed by atoms with van der Waals surface area (Å²) in [4.78, 5) is 19.3. The summed E-state index contributed by atoms with van der Waals surface area (Å²) in [6.07, 6.45) is -2.99. The lowest BCUT2D eigenvalue weighted by atomic mass is 9.74. The molecule has 3 aliphatic heterocycles. The maximum atomic E-state index is 13.5. The van der Waals surface area contributed by atoms with Gasteiger partial charge in [0.25, 0.3) is 5.91 Å². The molecule has 0 saturated carbocycles. The first kappa shape index (κ1) is 22.2. The van der Waals surface area contributed by atoms with E-state index in [4.69, 9.17) is 15.2 Å². The number of hydrogen-bond donors (Lipinski definition) is 1. The minimum atomic E-state index is -4.61. The third kappa shape index (κ3) is 3.39. The molecule has 0 bridgehead atoms. The van der Waals surface area contributed by atoms with E-state index in [-0.39, 0.29) is 29.4 Å². The number of hydrogen-bond acceptors (Lipinski definition) is 6. The van der Waals surface area contributed by atoms with Gasteiger partial charge in [0.1, 0.15) is 11.4 Å². The number of aliphatic imine (C=N–C) groups is 1. The Balaban J connectivity index is 1.69. The zero-order chi connectivity index (χ0) is 24.3. The molecule has 7 nitrogen and oxygen atoms in total. The smallest absolute Gasteiger partial charge is 0.416 e. The Morgan fingerprint density at radius 1 is 1.21 bits per heavy atom. The highest BCUT2D eigenvalue weighted by atomic mass is 19.4. The fraction of sp³-hybridized carbons (Fsp3) is 0.375. The van der Waals surface area contributed by atoms with Gasteiger partial charge in [0.2, 0.25) is 0 Å². The number of benzene rings is 2. The van der Waals surface area contributed by atoms with Crippen LogP contribution in [0.15, 0.2) is 41.4 Å². The van der Waals surface area contributed by atoms with Crippen LogP contribution in [0.2, 0.25) is 0 Å². The van der Waals surface area contributed by atoms with Crippen LogP contribution in [-0.2, 0) is 21.2 Å². The quantitative estimate of drug-likeness (QED) is 0.687. The molecular weight excluding hydrogens is 449 g/mol. The number of fused-ring (bicyclic) bond motifs is 2. The second-order valence-corrected chi connectivity index (χ2v) is 8.93. The molecule has 2 N–H and O–H groups in total. The van der Waals surface area contributed by atoms with Crippen LogP contribution in [0.25, 0.3) is 11.1 Å². The van der Waals surface area contributed by atoms with Crippen molar-refractivity contribution >= 4 is 11.9 Å². The molecular formula is C24H21F3N4O3. The van der Waals surface area contributed by atoms with E-state index in [1.54, 1.807) is 24.3 Å². The molecule has 1 fully saturated rings. The van der Waals surface area contributed by atoms with E-state index in [0.29, 0.717) is 36.5 Å². The predicted octanol–water partition coefficient (Wildman–Crippen LogP) is 3.56. The molecule has 34 heavy (non-hydrogen) atoms. The SMILES string of the molecule is CN1C(=O)[C@@]2(CC3(CCCOC3)Oc3ccc(-c4cc(C#N)cc(C(F)(F)F)c4)cc32)N=C1N. The molecule has 2 spiro atoms. The Morgan fingerprint density at radius 2 is 2.00 bits per heavy atom. The monoisotopic (exact) mass is 470 g/mol. The summed E-state index contributed by atoms with van der Waals surface area (Å²) in [5.74, 6) is 0.132. The molecule has 3 aliphatic rings. The normalized spacial score (nSPS) is 26.3. The lowest BCUT2D eigenvalue weighted by molar-refractivity contribution is -0.139. The molecule has 0 aliphatic carbocycles.